The van der Waals surface area contributed by atoms with Crippen LogP contribution in [-0.2, 0) is 17.6 Å². The van der Waals surface area contributed by atoms with Crippen LogP contribution in [0.1, 0.15) is 65.6 Å². The summed E-state index contributed by atoms with van der Waals surface area (Å²) in [6.45, 7) is 2.15. The van der Waals surface area contributed by atoms with E-state index in [0.29, 0.717) is 23.4 Å². The van der Waals surface area contributed by atoms with E-state index >= 15 is 0 Å². The first-order valence-corrected chi connectivity index (χ1v) is 16.4. The lowest BCUT2D eigenvalue weighted by molar-refractivity contribution is -0.115. The zero-order valence-corrected chi connectivity index (χ0v) is 27.1. The lowest BCUT2D eigenvalue weighted by Gasteiger charge is -2.14. The third-order valence-corrected chi connectivity index (χ3v) is 9.59. The maximum atomic E-state index is 12.7. The SMILES string of the molecule is CC/C=C(/Cc1cccc(N(C)C)c1)Nc1nnc(C2CC[C@H](c3nnc(NC(=O)Cc4cccc(N(C)C)c4)s3)C2)s1. The topological polar surface area (TPSA) is 99.2 Å². The van der Waals surface area contributed by atoms with Gasteiger partial charge in [-0.2, -0.15) is 0 Å². The highest BCUT2D eigenvalue weighted by Gasteiger charge is 2.32. The van der Waals surface area contributed by atoms with Crippen molar-refractivity contribution < 1.29 is 4.79 Å². The minimum atomic E-state index is -0.0845. The second kappa shape index (κ2) is 14.1. The Morgan fingerprint density at radius 1 is 0.814 bits per heavy atom. The Balaban J connectivity index is 1.15. The number of nitrogens with zero attached hydrogens (tertiary/aromatic N) is 6. The standard InChI is InChI=1S/C32H40N8OS2/c1-6-9-25(16-21-10-7-12-26(17-21)39(2)3)33-31-37-35-29(42-31)23-14-15-24(20-23)30-36-38-32(43-30)34-28(41)19-22-11-8-13-27(18-22)40(4)5/h7-13,17-18,23-24H,6,14-16,19-20H2,1-5H3,(H,33,37)(H,34,38,41)/b25-9-/t23?,24-/m0/s1. The van der Waals surface area contributed by atoms with Crippen molar-refractivity contribution >= 4 is 50.2 Å². The van der Waals surface area contributed by atoms with E-state index in [1.54, 1.807) is 11.3 Å². The van der Waals surface area contributed by atoms with Crippen molar-refractivity contribution in [2.75, 3.05) is 48.6 Å². The van der Waals surface area contributed by atoms with Gasteiger partial charge in [-0.05, 0) is 61.1 Å². The smallest absolute Gasteiger partial charge is 0.230 e. The molecule has 1 aliphatic carbocycles. The molecule has 2 atom stereocenters. The van der Waals surface area contributed by atoms with Gasteiger partial charge >= 0.3 is 0 Å². The lowest BCUT2D eigenvalue weighted by atomic mass is 10.1. The summed E-state index contributed by atoms with van der Waals surface area (Å²) in [5.41, 5.74) is 5.63. The normalized spacial score (nSPS) is 16.7. The molecule has 2 heterocycles. The summed E-state index contributed by atoms with van der Waals surface area (Å²) in [5.74, 6) is 0.572. The maximum Gasteiger partial charge on any atom is 0.230 e. The molecule has 1 saturated carbocycles. The second-order valence-electron chi connectivity index (χ2n) is 11.4. The summed E-state index contributed by atoms with van der Waals surface area (Å²) in [6.07, 6.45) is 7.31. The van der Waals surface area contributed by atoms with Gasteiger partial charge in [0.1, 0.15) is 10.0 Å². The van der Waals surface area contributed by atoms with Gasteiger partial charge in [-0.15, -0.1) is 20.4 Å². The predicted molar refractivity (Wildman–Crippen MR) is 179 cm³/mol. The molecule has 9 nitrogen and oxygen atoms in total. The Labute approximate surface area is 262 Å². The van der Waals surface area contributed by atoms with E-state index in [9.17, 15) is 4.79 Å². The number of benzene rings is 2. The highest BCUT2D eigenvalue weighted by Crippen LogP contribution is 2.45. The van der Waals surface area contributed by atoms with E-state index in [1.165, 1.54) is 22.6 Å². The minimum absolute atomic E-state index is 0.0845. The first-order chi connectivity index (χ1) is 20.8. The van der Waals surface area contributed by atoms with Crippen molar-refractivity contribution in [1.29, 1.82) is 0 Å². The number of hydrogen-bond acceptors (Lipinski definition) is 10. The first-order valence-electron chi connectivity index (χ1n) is 14.7. The molecule has 0 spiro atoms. The number of carbonyl (C=O) groups is 1. The molecule has 0 aliphatic heterocycles. The van der Waals surface area contributed by atoms with Crippen molar-refractivity contribution in [1.82, 2.24) is 20.4 Å². The van der Waals surface area contributed by atoms with Crippen LogP contribution in [0.4, 0.5) is 21.6 Å². The van der Waals surface area contributed by atoms with E-state index < -0.39 is 0 Å². The molecule has 226 valence electrons. The highest BCUT2D eigenvalue weighted by atomic mass is 32.1. The molecule has 5 rings (SSSR count). The summed E-state index contributed by atoms with van der Waals surface area (Å²) in [4.78, 5) is 16.8. The van der Waals surface area contributed by atoms with E-state index in [2.05, 4.69) is 87.3 Å². The minimum Gasteiger partial charge on any atom is -0.378 e. The number of rotatable bonds is 12. The van der Waals surface area contributed by atoms with Gasteiger partial charge in [0.2, 0.25) is 16.2 Å². The molecule has 0 bridgehead atoms. The van der Waals surface area contributed by atoms with E-state index in [0.717, 1.165) is 64.2 Å². The molecule has 11 heteroatoms. The molecular weight excluding hydrogens is 577 g/mol. The molecule has 2 aromatic heterocycles. The maximum absolute atomic E-state index is 12.7. The van der Waals surface area contributed by atoms with Gasteiger partial charge in [-0.3, -0.25) is 4.79 Å². The number of allylic oxidation sites excluding steroid dienone is 2. The van der Waals surface area contributed by atoms with Crippen LogP contribution >= 0.6 is 22.7 Å². The third kappa shape index (κ3) is 8.17. The monoisotopic (exact) mass is 616 g/mol. The van der Waals surface area contributed by atoms with Crippen LogP contribution in [0.25, 0.3) is 0 Å². The molecular formula is C32H40N8OS2. The van der Waals surface area contributed by atoms with Crippen molar-refractivity contribution in [3.8, 4) is 0 Å². The summed E-state index contributed by atoms with van der Waals surface area (Å²) in [6, 6.07) is 16.6. The summed E-state index contributed by atoms with van der Waals surface area (Å²) in [7, 11) is 8.11. The molecule has 1 amide bonds. The summed E-state index contributed by atoms with van der Waals surface area (Å²) in [5, 5.41) is 27.7. The Kier molecular flexibility index (Phi) is 10.0. The molecule has 4 aromatic rings. The van der Waals surface area contributed by atoms with Gasteiger partial charge < -0.3 is 20.4 Å². The fraction of sp³-hybridized carbons (Fsp3) is 0.406. The lowest BCUT2D eigenvalue weighted by Crippen LogP contribution is -2.15. The number of anilines is 4. The van der Waals surface area contributed by atoms with Crippen LogP contribution < -0.4 is 20.4 Å². The fourth-order valence-corrected chi connectivity index (χ4v) is 7.17. The molecule has 1 fully saturated rings. The average Bonchev–Trinajstić information content (AvgIpc) is 3.75. The van der Waals surface area contributed by atoms with Gasteiger partial charge in [-0.25, -0.2) is 0 Å². The first kappa shape index (κ1) is 30.6. The van der Waals surface area contributed by atoms with E-state index in [4.69, 9.17) is 0 Å². The van der Waals surface area contributed by atoms with Crippen LogP contribution in [0.2, 0.25) is 0 Å². The van der Waals surface area contributed by atoms with Gasteiger partial charge in [0.25, 0.3) is 0 Å². The zero-order chi connectivity index (χ0) is 30.3. The van der Waals surface area contributed by atoms with Crippen LogP contribution in [0.15, 0.2) is 60.3 Å². The van der Waals surface area contributed by atoms with Crippen molar-refractivity contribution in [2.45, 2.75) is 57.3 Å². The van der Waals surface area contributed by atoms with Gasteiger partial charge in [0.05, 0.1) is 6.42 Å². The van der Waals surface area contributed by atoms with Gasteiger partial charge in [-0.1, -0.05) is 59.9 Å². The number of hydrogen-bond donors (Lipinski definition) is 2. The molecule has 2 N–H and O–H groups in total. The van der Waals surface area contributed by atoms with Crippen LogP contribution in [0.5, 0.6) is 0 Å². The average molecular weight is 617 g/mol. The Morgan fingerprint density at radius 2 is 1.35 bits per heavy atom. The molecule has 43 heavy (non-hydrogen) atoms. The van der Waals surface area contributed by atoms with Crippen LogP contribution in [0.3, 0.4) is 0 Å². The number of carbonyl (C=O) groups excluding carboxylic acids is 1. The molecule has 0 saturated heterocycles. The summed E-state index contributed by atoms with van der Waals surface area (Å²) >= 11 is 3.12. The Hall–Kier alpha value is -3.83. The summed E-state index contributed by atoms with van der Waals surface area (Å²) < 4.78 is 0. The quantitative estimate of drug-likeness (QED) is 0.181. The number of aromatic nitrogens is 4. The van der Waals surface area contributed by atoms with Crippen molar-refractivity contribution in [3.05, 3.63) is 81.4 Å². The Bertz CT molecular complexity index is 1560. The van der Waals surface area contributed by atoms with E-state index in [-0.39, 0.29) is 5.91 Å². The van der Waals surface area contributed by atoms with E-state index in [1.807, 2.05) is 43.3 Å². The highest BCUT2D eigenvalue weighted by molar-refractivity contribution is 7.15. The van der Waals surface area contributed by atoms with Gasteiger partial charge in [0, 0.05) is 63.5 Å². The molecule has 0 radical (unpaired) electrons. The van der Waals surface area contributed by atoms with Crippen LogP contribution in [-0.4, -0.2) is 54.5 Å². The second-order valence-corrected chi connectivity index (χ2v) is 13.4. The number of amides is 1. The molecule has 1 unspecified atom stereocenters. The molecule has 2 aromatic carbocycles. The van der Waals surface area contributed by atoms with Gasteiger partial charge in [0.15, 0.2) is 0 Å². The van der Waals surface area contributed by atoms with Crippen molar-refractivity contribution in [3.63, 3.8) is 0 Å². The van der Waals surface area contributed by atoms with Crippen molar-refractivity contribution in [2.24, 2.45) is 0 Å². The Morgan fingerprint density at radius 3 is 1.88 bits per heavy atom. The molecule has 1 aliphatic rings. The predicted octanol–water partition coefficient (Wildman–Crippen LogP) is 6.70. The fourth-order valence-electron chi connectivity index (χ4n) is 5.34. The zero-order valence-electron chi connectivity index (χ0n) is 25.5. The number of nitrogens with one attached hydrogen (secondary N) is 2. The largest absolute Gasteiger partial charge is 0.378 e. The van der Waals surface area contributed by atoms with Crippen LogP contribution in [0, 0.1) is 0 Å². The third-order valence-electron chi connectivity index (χ3n) is 7.59.